The number of aromatic nitrogens is 2. The van der Waals surface area contributed by atoms with Gasteiger partial charge in [-0.25, -0.2) is 4.39 Å². The topological polar surface area (TPSA) is 21.1 Å². The fraction of sp³-hybridized carbons (Fsp3) is 0.308. The Kier molecular flexibility index (Phi) is 4.14. The molecule has 96 valence electrons. The van der Waals surface area contributed by atoms with E-state index in [2.05, 4.69) is 25.9 Å². The van der Waals surface area contributed by atoms with Crippen LogP contribution < -0.4 is 0 Å². The van der Waals surface area contributed by atoms with Gasteiger partial charge in [-0.15, -0.1) is 0 Å². The Bertz CT molecular complexity index is 539. The van der Waals surface area contributed by atoms with Gasteiger partial charge in [-0.2, -0.15) is 5.10 Å². The summed E-state index contributed by atoms with van der Waals surface area (Å²) in [6, 6.07) is 4.75. The molecular weight excluding hydrogens is 297 g/mol. The van der Waals surface area contributed by atoms with Crippen molar-refractivity contribution in [3.63, 3.8) is 0 Å². The lowest BCUT2D eigenvalue weighted by Gasteiger charge is -2.16. The Balaban J connectivity index is 2.02. The van der Waals surface area contributed by atoms with Crippen LogP contribution >= 0.6 is 15.9 Å². The molecule has 0 unspecified atom stereocenters. The molecule has 0 saturated heterocycles. The highest BCUT2D eigenvalue weighted by Gasteiger charge is 2.07. The van der Waals surface area contributed by atoms with Crippen molar-refractivity contribution in [3.05, 3.63) is 52.0 Å². The van der Waals surface area contributed by atoms with E-state index in [1.54, 1.807) is 16.8 Å². The smallest absolute Gasteiger partial charge is 0.123 e. The Morgan fingerprint density at radius 3 is 2.83 bits per heavy atom. The normalized spacial score (nSPS) is 11.2. The lowest BCUT2D eigenvalue weighted by molar-refractivity contribution is 0.318. The van der Waals surface area contributed by atoms with Gasteiger partial charge < -0.3 is 0 Å². The van der Waals surface area contributed by atoms with Gasteiger partial charge in [-0.1, -0.05) is 15.9 Å². The highest BCUT2D eigenvalue weighted by molar-refractivity contribution is 9.10. The maximum Gasteiger partial charge on any atom is 0.123 e. The lowest BCUT2D eigenvalue weighted by Crippen LogP contribution is -2.17. The summed E-state index contributed by atoms with van der Waals surface area (Å²) >= 11 is 3.44. The van der Waals surface area contributed by atoms with Gasteiger partial charge in [0.15, 0.2) is 0 Å². The highest BCUT2D eigenvalue weighted by atomic mass is 79.9. The average Bonchev–Trinajstić information content (AvgIpc) is 2.69. The molecule has 3 nitrogen and oxygen atoms in total. The lowest BCUT2D eigenvalue weighted by atomic mass is 10.2. The minimum Gasteiger partial charge on any atom is -0.298 e. The third kappa shape index (κ3) is 3.40. The molecule has 5 heteroatoms. The Hall–Kier alpha value is -1.20. The van der Waals surface area contributed by atoms with Crippen LogP contribution in [0.1, 0.15) is 11.1 Å². The predicted octanol–water partition coefficient (Wildman–Crippen LogP) is 2.95. The summed E-state index contributed by atoms with van der Waals surface area (Å²) < 4.78 is 15.9. The van der Waals surface area contributed by atoms with E-state index in [1.165, 1.54) is 6.07 Å². The molecule has 0 aliphatic carbocycles. The molecule has 0 aliphatic heterocycles. The van der Waals surface area contributed by atoms with Crippen LogP contribution in [0.2, 0.25) is 0 Å². The van der Waals surface area contributed by atoms with E-state index in [9.17, 15) is 4.39 Å². The summed E-state index contributed by atoms with van der Waals surface area (Å²) in [5, 5.41) is 4.13. The maximum absolute atomic E-state index is 13.2. The van der Waals surface area contributed by atoms with Crippen molar-refractivity contribution in [3.8, 4) is 0 Å². The molecule has 0 radical (unpaired) electrons. The van der Waals surface area contributed by atoms with Crippen LogP contribution in [0, 0.1) is 5.82 Å². The zero-order chi connectivity index (χ0) is 13.1. The van der Waals surface area contributed by atoms with Crippen LogP contribution in [0.3, 0.4) is 0 Å². The first-order valence-electron chi connectivity index (χ1n) is 5.64. The van der Waals surface area contributed by atoms with Crippen molar-refractivity contribution < 1.29 is 4.39 Å². The largest absolute Gasteiger partial charge is 0.298 e. The minimum atomic E-state index is -0.206. The second-order valence-electron chi connectivity index (χ2n) is 4.43. The fourth-order valence-electron chi connectivity index (χ4n) is 1.88. The quantitative estimate of drug-likeness (QED) is 0.865. The summed E-state index contributed by atoms with van der Waals surface area (Å²) in [6.45, 7) is 1.48. The van der Waals surface area contributed by atoms with Crippen LogP contribution in [-0.4, -0.2) is 21.7 Å². The average molecular weight is 312 g/mol. The highest BCUT2D eigenvalue weighted by Crippen LogP contribution is 2.19. The first-order chi connectivity index (χ1) is 8.54. The summed E-state index contributed by atoms with van der Waals surface area (Å²) in [4.78, 5) is 2.12. The number of rotatable bonds is 4. The zero-order valence-corrected chi connectivity index (χ0v) is 12.0. The first-order valence-corrected chi connectivity index (χ1v) is 6.44. The fourth-order valence-corrected chi connectivity index (χ4v) is 2.25. The molecule has 0 saturated carbocycles. The molecule has 0 bridgehead atoms. The molecule has 18 heavy (non-hydrogen) atoms. The molecule has 1 aromatic carbocycles. The zero-order valence-electron chi connectivity index (χ0n) is 10.4. The van der Waals surface area contributed by atoms with E-state index in [4.69, 9.17) is 0 Å². The molecule has 2 aromatic rings. The number of benzene rings is 1. The van der Waals surface area contributed by atoms with Gasteiger partial charge in [0.2, 0.25) is 0 Å². The van der Waals surface area contributed by atoms with Gasteiger partial charge in [0.1, 0.15) is 5.82 Å². The van der Waals surface area contributed by atoms with Gasteiger partial charge in [-0.3, -0.25) is 9.58 Å². The molecule has 0 amide bonds. The van der Waals surface area contributed by atoms with Crippen LogP contribution in [0.4, 0.5) is 4.39 Å². The van der Waals surface area contributed by atoms with E-state index in [0.717, 1.165) is 22.1 Å². The van der Waals surface area contributed by atoms with Crippen LogP contribution in [0.15, 0.2) is 35.1 Å². The van der Waals surface area contributed by atoms with Crippen LogP contribution in [0.25, 0.3) is 0 Å². The maximum atomic E-state index is 13.2. The molecule has 2 rings (SSSR count). The van der Waals surface area contributed by atoms with E-state index in [1.807, 2.05) is 26.5 Å². The van der Waals surface area contributed by atoms with Crippen molar-refractivity contribution in [2.24, 2.45) is 7.05 Å². The molecular formula is C13H15BrFN3. The minimum absolute atomic E-state index is 0.206. The van der Waals surface area contributed by atoms with E-state index < -0.39 is 0 Å². The number of halogens is 2. The van der Waals surface area contributed by atoms with Crippen LogP contribution in [0.5, 0.6) is 0 Å². The predicted molar refractivity (Wildman–Crippen MR) is 72.5 cm³/mol. The third-order valence-electron chi connectivity index (χ3n) is 2.66. The number of hydrogen-bond donors (Lipinski definition) is 0. The van der Waals surface area contributed by atoms with Gasteiger partial charge in [0.25, 0.3) is 0 Å². The molecule has 0 atom stereocenters. The van der Waals surface area contributed by atoms with E-state index >= 15 is 0 Å². The second-order valence-corrected chi connectivity index (χ2v) is 5.28. The van der Waals surface area contributed by atoms with Gasteiger partial charge in [-0.05, 0) is 30.8 Å². The molecule has 1 aromatic heterocycles. The summed E-state index contributed by atoms with van der Waals surface area (Å²) in [5.41, 5.74) is 2.09. The monoisotopic (exact) mass is 311 g/mol. The van der Waals surface area contributed by atoms with Gasteiger partial charge in [0, 0.05) is 36.4 Å². The van der Waals surface area contributed by atoms with Crippen molar-refractivity contribution in [1.82, 2.24) is 14.7 Å². The Morgan fingerprint density at radius 2 is 2.17 bits per heavy atom. The van der Waals surface area contributed by atoms with Crippen molar-refractivity contribution in [2.75, 3.05) is 7.05 Å². The van der Waals surface area contributed by atoms with Crippen molar-refractivity contribution in [1.29, 1.82) is 0 Å². The second kappa shape index (κ2) is 5.63. The molecule has 1 heterocycles. The molecule has 0 aliphatic rings. The first kappa shape index (κ1) is 13.2. The number of nitrogens with zero attached hydrogens (tertiary/aromatic N) is 3. The molecule has 0 fully saturated rings. The number of hydrogen-bond acceptors (Lipinski definition) is 2. The molecule has 0 N–H and O–H groups in total. The van der Waals surface area contributed by atoms with E-state index in [0.29, 0.717) is 6.54 Å². The van der Waals surface area contributed by atoms with Crippen LogP contribution in [-0.2, 0) is 20.1 Å². The van der Waals surface area contributed by atoms with Gasteiger partial charge >= 0.3 is 0 Å². The number of aryl methyl sites for hydroxylation is 1. The summed E-state index contributed by atoms with van der Waals surface area (Å²) in [5.74, 6) is -0.206. The van der Waals surface area contributed by atoms with Crippen molar-refractivity contribution in [2.45, 2.75) is 13.1 Å². The van der Waals surface area contributed by atoms with Gasteiger partial charge in [0.05, 0.1) is 6.20 Å². The standard InChI is InChI=1S/C13H15BrFN3/c1-17(7-10-6-16-18(2)8-10)9-11-5-12(15)3-4-13(11)14/h3-6,8H,7,9H2,1-2H3. The Labute approximate surface area is 114 Å². The SMILES string of the molecule is CN(Cc1cnn(C)c1)Cc1cc(F)ccc1Br. The third-order valence-corrected chi connectivity index (χ3v) is 3.43. The van der Waals surface area contributed by atoms with E-state index in [-0.39, 0.29) is 5.82 Å². The molecule has 0 spiro atoms. The summed E-state index contributed by atoms with van der Waals surface area (Å²) in [6.07, 6.45) is 3.83. The van der Waals surface area contributed by atoms with Crippen molar-refractivity contribution >= 4 is 15.9 Å². The Morgan fingerprint density at radius 1 is 1.39 bits per heavy atom. The summed E-state index contributed by atoms with van der Waals surface area (Å²) in [7, 11) is 3.90.